The molecule has 0 aliphatic carbocycles. The highest BCUT2D eigenvalue weighted by atomic mass is 16.5. The van der Waals surface area contributed by atoms with Crippen LogP contribution >= 0.6 is 0 Å². The number of hydrogen-bond donors (Lipinski definition) is 0. The third kappa shape index (κ3) is 2.01. The van der Waals surface area contributed by atoms with Gasteiger partial charge in [-0.3, -0.25) is 0 Å². The van der Waals surface area contributed by atoms with Crippen LogP contribution < -0.4 is 4.90 Å². The summed E-state index contributed by atoms with van der Waals surface area (Å²) in [6.07, 6.45) is 0. The van der Waals surface area contributed by atoms with Crippen molar-refractivity contribution in [2.45, 2.75) is 0 Å². The lowest BCUT2D eigenvalue weighted by molar-refractivity contribution is 0.426. The highest BCUT2D eigenvalue weighted by Gasteiger charge is 2.07. The van der Waals surface area contributed by atoms with E-state index >= 15 is 0 Å². The lowest BCUT2D eigenvalue weighted by atomic mass is 10.1. The highest BCUT2D eigenvalue weighted by molar-refractivity contribution is 5.62. The van der Waals surface area contributed by atoms with Gasteiger partial charge in [0.2, 0.25) is 5.88 Å². The molecule has 0 saturated carbocycles. The molecule has 0 aliphatic rings. The van der Waals surface area contributed by atoms with Gasteiger partial charge in [-0.2, -0.15) is 0 Å². The molecule has 0 aliphatic heterocycles. The van der Waals surface area contributed by atoms with Crippen molar-refractivity contribution in [3.63, 3.8) is 0 Å². The van der Waals surface area contributed by atoms with Gasteiger partial charge in [0.1, 0.15) is 5.69 Å². The third-order valence-corrected chi connectivity index (χ3v) is 2.16. The number of anilines is 1. The summed E-state index contributed by atoms with van der Waals surface area (Å²) in [5.41, 5.74) is 2.84. The smallest absolute Gasteiger partial charge is 0.227 e. The Morgan fingerprint density at radius 2 is 2.07 bits per heavy atom. The van der Waals surface area contributed by atoms with Gasteiger partial charge in [0.05, 0.1) is 0 Å². The van der Waals surface area contributed by atoms with Crippen LogP contribution in [-0.4, -0.2) is 19.3 Å². The Balaban J connectivity index is 2.37. The summed E-state index contributed by atoms with van der Waals surface area (Å²) in [6.45, 7) is 3.88. The zero-order chi connectivity index (χ0) is 10.8. The van der Waals surface area contributed by atoms with Crippen molar-refractivity contribution in [3.05, 3.63) is 42.8 Å². The molecule has 15 heavy (non-hydrogen) atoms. The topological polar surface area (TPSA) is 29.3 Å². The normalized spacial score (nSPS) is 10.3. The maximum absolute atomic E-state index is 5.18. The molecule has 3 nitrogen and oxygen atoms in total. The Morgan fingerprint density at radius 3 is 2.67 bits per heavy atom. The molecule has 2 aromatic rings. The quantitative estimate of drug-likeness (QED) is 0.747. The molecule has 1 heterocycles. The van der Waals surface area contributed by atoms with Crippen LogP contribution in [0.2, 0.25) is 0 Å². The fourth-order valence-electron chi connectivity index (χ4n) is 1.34. The van der Waals surface area contributed by atoms with Crippen LogP contribution in [0, 0.1) is 6.92 Å². The van der Waals surface area contributed by atoms with E-state index in [4.69, 9.17) is 4.52 Å². The van der Waals surface area contributed by atoms with E-state index < -0.39 is 0 Å². The summed E-state index contributed by atoms with van der Waals surface area (Å²) < 4.78 is 5.18. The lowest BCUT2D eigenvalue weighted by Gasteiger charge is -2.03. The predicted molar refractivity (Wildman–Crippen MR) is 60.7 cm³/mol. The second kappa shape index (κ2) is 3.77. The molecule has 1 radical (unpaired) electrons. The SMILES string of the molecule is [CH2]c1cccc(-c2cc(N(C)C)on2)c1. The fraction of sp³-hybridized carbons (Fsp3) is 0.167. The van der Waals surface area contributed by atoms with Crippen molar-refractivity contribution in [2.75, 3.05) is 19.0 Å². The minimum Gasteiger partial charge on any atom is -0.347 e. The average Bonchev–Trinajstić information content (AvgIpc) is 2.66. The third-order valence-electron chi connectivity index (χ3n) is 2.16. The van der Waals surface area contributed by atoms with E-state index in [1.165, 1.54) is 0 Å². The van der Waals surface area contributed by atoms with Crippen LogP contribution in [0.5, 0.6) is 0 Å². The Hall–Kier alpha value is -1.77. The van der Waals surface area contributed by atoms with Gasteiger partial charge >= 0.3 is 0 Å². The first kappa shape index (κ1) is 9.77. The molecule has 0 bridgehead atoms. The number of benzene rings is 1. The standard InChI is InChI=1S/C12H13N2O/c1-9-5-4-6-10(7-9)11-8-12(14(2)3)15-13-11/h4-8H,1H2,2-3H3. The van der Waals surface area contributed by atoms with Gasteiger partial charge < -0.3 is 9.42 Å². The minimum atomic E-state index is 0.750. The molecule has 0 fully saturated rings. The van der Waals surface area contributed by atoms with Crippen molar-refractivity contribution >= 4 is 5.88 Å². The number of aromatic nitrogens is 1. The Kier molecular flexibility index (Phi) is 2.46. The lowest BCUT2D eigenvalue weighted by Crippen LogP contribution is -2.06. The van der Waals surface area contributed by atoms with E-state index in [0.29, 0.717) is 0 Å². The van der Waals surface area contributed by atoms with E-state index in [2.05, 4.69) is 12.1 Å². The maximum Gasteiger partial charge on any atom is 0.227 e. The van der Waals surface area contributed by atoms with Gasteiger partial charge in [-0.15, -0.1) is 0 Å². The van der Waals surface area contributed by atoms with E-state index in [0.717, 1.165) is 22.7 Å². The maximum atomic E-state index is 5.18. The summed E-state index contributed by atoms with van der Waals surface area (Å²) in [5.74, 6) is 0.750. The fourth-order valence-corrected chi connectivity index (χ4v) is 1.34. The van der Waals surface area contributed by atoms with E-state index in [-0.39, 0.29) is 0 Å². The number of hydrogen-bond acceptors (Lipinski definition) is 3. The zero-order valence-corrected chi connectivity index (χ0v) is 8.90. The van der Waals surface area contributed by atoms with Crippen LogP contribution in [0.15, 0.2) is 34.9 Å². The van der Waals surface area contributed by atoms with Gasteiger partial charge in [0.25, 0.3) is 0 Å². The number of nitrogens with zero attached hydrogens (tertiary/aromatic N) is 2. The molecule has 0 amide bonds. The molecule has 1 aromatic heterocycles. The van der Waals surface area contributed by atoms with E-state index in [1.807, 2.05) is 49.3 Å². The molecule has 0 unspecified atom stereocenters. The molecule has 0 saturated heterocycles. The van der Waals surface area contributed by atoms with Gasteiger partial charge in [-0.05, 0) is 18.6 Å². The minimum absolute atomic E-state index is 0.750. The van der Waals surface area contributed by atoms with Crippen molar-refractivity contribution in [1.82, 2.24) is 5.16 Å². The van der Waals surface area contributed by atoms with Gasteiger partial charge in [-0.25, -0.2) is 0 Å². The monoisotopic (exact) mass is 201 g/mol. The zero-order valence-electron chi connectivity index (χ0n) is 8.90. The first-order valence-corrected chi connectivity index (χ1v) is 4.73. The van der Waals surface area contributed by atoms with Crippen LogP contribution in [0.25, 0.3) is 11.3 Å². The summed E-state index contributed by atoms with van der Waals surface area (Å²) in [7, 11) is 3.84. The molecular formula is C12H13N2O. The largest absolute Gasteiger partial charge is 0.347 e. The summed E-state index contributed by atoms with van der Waals surface area (Å²) >= 11 is 0. The molecular weight excluding hydrogens is 188 g/mol. The molecule has 2 rings (SSSR count). The van der Waals surface area contributed by atoms with Crippen molar-refractivity contribution < 1.29 is 4.52 Å². The molecule has 1 aromatic carbocycles. The van der Waals surface area contributed by atoms with Gasteiger partial charge in [0, 0.05) is 25.7 Å². The van der Waals surface area contributed by atoms with Crippen LogP contribution in [0.3, 0.4) is 0 Å². The highest BCUT2D eigenvalue weighted by Crippen LogP contribution is 2.23. The average molecular weight is 201 g/mol. The number of rotatable bonds is 2. The van der Waals surface area contributed by atoms with E-state index in [9.17, 15) is 0 Å². The van der Waals surface area contributed by atoms with Crippen LogP contribution in [0.4, 0.5) is 5.88 Å². The molecule has 77 valence electrons. The Labute approximate surface area is 89.3 Å². The second-order valence-electron chi connectivity index (χ2n) is 3.65. The second-order valence-corrected chi connectivity index (χ2v) is 3.65. The Morgan fingerprint density at radius 1 is 1.27 bits per heavy atom. The first-order valence-electron chi connectivity index (χ1n) is 4.73. The molecule has 0 N–H and O–H groups in total. The summed E-state index contributed by atoms with van der Waals surface area (Å²) in [4.78, 5) is 1.88. The van der Waals surface area contributed by atoms with Crippen LogP contribution in [0.1, 0.15) is 5.56 Å². The summed E-state index contributed by atoms with van der Waals surface area (Å²) in [6, 6.07) is 9.80. The predicted octanol–water partition coefficient (Wildman–Crippen LogP) is 2.59. The van der Waals surface area contributed by atoms with Crippen LogP contribution in [-0.2, 0) is 0 Å². The van der Waals surface area contributed by atoms with Crippen molar-refractivity contribution in [3.8, 4) is 11.3 Å². The van der Waals surface area contributed by atoms with Gasteiger partial charge in [-0.1, -0.05) is 23.4 Å². The summed E-state index contributed by atoms with van der Waals surface area (Å²) in [5, 5.41) is 4.00. The van der Waals surface area contributed by atoms with Crippen molar-refractivity contribution in [2.24, 2.45) is 0 Å². The molecule has 0 atom stereocenters. The molecule has 0 spiro atoms. The van der Waals surface area contributed by atoms with Gasteiger partial charge in [0.15, 0.2) is 0 Å². The Bertz CT molecular complexity index is 460. The van der Waals surface area contributed by atoms with Crippen molar-refractivity contribution in [1.29, 1.82) is 0 Å². The van der Waals surface area contributed by atoms with E-state index in [1.54, 1.807) is 0 Å². The molecule has 3 heteroatoms. The first-order chi connectivity index (χ1) is 7.16.